The Kier molecular flexibility index (Phi) is 6.43. The lowest BCUT2D eigenvalue weighted by molar-refractivity contribution is -0.114. The number of aliphatic imine (C=N–C) groups is 1. The number of carbonyl (C=O) groups excluding carboxylic acids is 1. The molecular formula is C17H21NO3S. The maximum atomic E-state index is 12.3. The molecule has 0 aliphatic heterocycles. The van der Waals surface area contributed by atoms with Crippen LogP contribution in [0.25, 0.3) is 0 Å². The van der Waals surface area contributed by atoms with E-state index in [9.17, 15) is 13.2 Å². The summed E-state index contributed by atoms with van der Waals surface area (Å²) in [6, 6.07) is 6.36. The Bertz CT molecular complexity index is 720. The molecule has 0 bridgehead atoms. The number of sulfone groups is 1. The highest BCUT2D eigenvalue weighted by Crippen LogP contribution is 2.13. The van der Waals surface area contributed by atoms with Gasteiger partial charge in [0.2, 0.25) is 0 Å². The van der Waals surface area contributed by atoms with Crippen LogP contribution in [-0.4, -0.2) is 26.2 Å². The third-order valence-corrected chi connectivity index (χ3v) is 3.97. The first-order valence-electron chi connectivity index (χ1n) is 6.90. The first-order valence-corrected chi connectivity index (χ1v) is 8.79. The van der Waals surface area contributed by atoms with E-state index < -0.39 is 9.84 Å². The van der Waals surface area contributed by atoms with Crippen molar-refractivity contribution in [3.8, 4) is 0 Å². The fraction of sp³-hybridized carbons (Fsp3) is 0.294. The van der Waals surface area contributed by atoms with Crippen LogP contribution < -0.4 is 0 Å². The van der Waals surface area contributed by atoms with Crippen molar-refractivity contribution >= 4 is 21.3 Å². The van der Waals surface area contributed by atoms with Crippen molar-refractivity contribution in [3.05, 3.63) is 53.8 Å². The summed E-state index contributed by atoms with van der Waals surface area (Å²) in [5.41, 5.74) is 2.16. The number of rotatable bonds is 6. The summed E-state index contributed by atoms with van der Waals surface area (Å²) in [6.07, 6.45) is 6.43. The molecule has 0 saturated heterocycles. The SMILES string of the molecule is C/C=C\C(=C/N=C(C)C)C(=O)Cc1ccc(S(C)(=O)=O)cc1. The number of hydrogen-bond acceptors (Lipinski definition) is 4. The van der Waals surface area contributed by atoms with Crippen LogP contribution in [0, 0.1) is 0 Å². The molecule has 0 aromatic heterocycles. The molecule has 1 rings (SSSR count). The van der Waals surface area contributed by atoms with Gasteiger partial charge in [0.05, 0.1) is 4.90 Å². The summed E-state index contributed by atoms with van der Waals surface area (Å²) in [6.45, 7) is 5.56. The summed E-state index contributed by atoms with van der Waals surface area (Å²) >= 11 is 0. The predicted molar refractivity (Wildman–Crippen MR) is 89.9 cm³/mol. The van der Waals surface area contributed by atoms with E-state index in [0.717, 1.165) is 17.5 Å². The van der Waals surface area contributed by atoms with E-state index in [1.165, 1.54) is 12.1 Å². The van der Waals surface area contributed by atoms with Gasteiger partial charge in [0.1, 0.15) is 0 Å². The number of benzene rings is 1. The predicted octanol–water partition coefficient (Wildman–Crippen LogP) is 3.14. The molecule has 4 nitrogen and oxygen atoms in total. The number of allylic oxidation sites excluding steroid dienone is 3. The number of Topliss-reactive ketones (excluding diaryl/α,β-unsaturated/α-hetero) is 1. The van der Waals surface area contributed by atoms with Gasteiger partial charge in [0.15, 0.2) is 15.6 Å². The maximum Gasteiger partial charge on any atom is 0.175 e. The Hall–Kier alpha value is -2.01. The van der Waals surface area contributed by atoms with Crippen molar-refractivity contribution < 1.29 is 13.2 Å². The molecule has 0 aliphatic carbocycles. The fourth-order valence-electron chi connectivity index (χ4n) is 1.73. The van der Waals surface area contributed by atoms with Crippen molar-refractivity contribution in [2.45, 2.75) is 32.1 Å². The monoisotopic (exact) mass is 319 g/mol. The van der Waals surface area contributed by atoms with E-state index in [4.69, 9.17) is 0 Å². The minimum Gasteiger partial charge on any atom is -0.294 e. The molecular weight excluding hydrogens is 298 g/mol. The van der Waals surface area contributed by atoms with Crippen LogP contribution in [0.15, 0.2) is 58.1 Å². The van der Waals surface area contributed by atoms with E-state index in [-0.39, 0.29) is 17.1 Å². The van der Waals surface area contributed by atoms with Gasteiger partial charge in [-0.25, -0.2) is 8.42 Å². The van der Waals surface area contributed by atoms with E-state index in [1.54, 1.807) is 30.5 Å². The molecule has 0 spiro atoms. The van der Waals surface area contributed by atoms with E-state index in [0.29, 0.717) is 5.57 Å². The molecule has 0 N–H and O–H groups in total. The van der Waals surface area contributed by atoms with Crippen molar-refractivity contribution in [2.24, 2.45) is 4.99 Å². The highest BCUT2D eigenvalue weighted by Gasteiger charge is 2.10. The van der Waals surface area contributed by atoms with Gasteiger partial charge in [-0.05, 0) is 38.5 Å². The minimum atomic E-state index is -3.22. The number of carbonyl (C=O) groups is 1. The number of hydrogen-bond donors (Lipinski definition) is 0. The van der Waals surface area contributed by atoms with Gasteiger partial charge in [0.25, 0.3) is 0 Å². The average Bonchev–Trinajstić information content (AvgIpc) is 2.42. The molecule has 118 valence electrons. The van der Waals surface area contributed by atoms with Gasteiger partial charge in [-0.3, -0.25) is 9.79 Å². The van der Waals surface area contributed by atoms with Gasteiger partial charge in [0, 0.05) is 30.2 Å². The molecule has 0 unspecified atom stereocenters. The molecule has 0 fully saturated rings. The standard InChI is InChI=1S/C17H21NO3S/c1-5-6-15(12-18-13(2)3)17(19)11-14-7-9-16(10-8-14)22(4,20)21/h5-10,12H,11H2,1-4H3/b6-5-,15-12+. The third-order valence-electron chi connectivity index (χ3n) is 2.85. The Morgan fingerprint density at radius 2 is 1.77 bits per heavy atom. The van der Waals surface area contributed by atoms with Crippen LogP contribution in [-0.2, 0) is 21.1 Å². The minimum absolute atomic E-state index is 0.0600. The van der Waals surface area contributed by atoms with Gasteiger partial charge in [-0.1, -0.05) is 24.3 Å². The van der Waals surface area contributed by atoms with Crippen LogP contribution in [0.1, 0.15) is 26.3 Å². The summed E-state index contributed by atoms with van der Waals surface area (Å²) in [5.74, 6) is -0.0600. The summed E-state index contributed by atoms with van der Waals surface area (Å²) < 4.78 is 22.8. The lowest BCUT2D eigenvalue weighted by Crippen LogP contribution is -2.05. The summed E-state index contributed by atoms with van der Waals surface area (Å²) in [7, 11) is -3.22. The van der Waals surface area contributed by atoms with Crippen molar-refractivity contribution in [1.29, 1.82) is 0 Å². The highest BCUT2D eigenvalue weighted by molar-refractivity contribution is 7.90. The summed E-state index contributed by atoms with van der Waals surface area (Å²) in [5, 5.41) is 0. The number of nitrogens with zero attached hydrogens (tertiary/aromatic N) is 1. The molecule has 0 atom stereocenters. The zero-order valence-electron chi connectivity index (χ0n) is 13.3. The highest BCUT2D eigenvalue weighted by atomic mass is 32.2. The van der Waals surface area contributed by atoms with Crippen LogP contribution >= 0.6 is 0 Å². The molecule has 1 aromatic carbocycles. The normalized spacial score (nSPS) is 12.5. The Morgan fingerprint density at radius 1 is 1.18 bits per heavy atom. The lowest BCUT2D eigenvalue weighted by Gasteiger charge is -2.04. The average molecular weight is 319 g/mol. The van der Waals surface area contributed by atoms with E-state index >= 15 is 0 Å². The van der Waals surface area contributed by atoms with Gasteiger partial charge in [-0.2, -0.15) is 0 Å². The first-order chi connectivity index (χ1) is 10.2. The topological polar surface area (TPSA) is 63.6 Å². The second kappa shape index (κ2) is 7.84. The van der Waals surface area contributed by atoms with E-state index in [1.807, 2.05) is 20.8 Å². The molecule has 1 aromatic rings. The molecule has 0 radical (unpaired) electrons. The molecule has 22 heavy (non-hydrogen) atoms. The van der Waals surface area contributed by atoms with Crippen molar-refractivity contribution in [1.82, 2.24) is 0 Å². The molecule has 0 saturated carbocycles. The van der Waals surface area contributed by atoms with Crippen LogP contribution in [0.5, 0.6) is 0 Å². The third kappa shape index (κ3) is 5.77. The fourth-order valence-corrected chi connectivity index (χ4v) is 2.36. The van der Waals surface area contributed by atoms with Gasteiger partial charge < -0.3 is 0 Å². The van der Waals surface area contributed by atoms with Crippen molar-refractivity contribution in [3.63, 3.8) is 0 Å². The number of ketones is 1. The van der Waals surface area contributed by atoms with Gasteiger partial charge in [-0.15, -0.1) is 0 Å². The Morgan fingerprint density at radius 3 is 2.23 bits per heavy atom. The van der Waals surface area contributed by atoms with Crippen molar-refractivity contribution in [2.75, 3.05) is 6.26 Å². The van der Waals surface area contributed by atoms with Crippen LogP contribution in [0.2, 0.25) is 0 Å². The zero-order valence-corrected chi connectivity index (χ0v) is 14.1. The first kappa shape index (κ1) is 18.0. The Balaban J connectivity index is 2.95. The molecule has 5 heteroatoms. The summed E-state index contributed by atoms with van der Waals surface area (Å²) in [4.78, 5) is 16.7. The maximum absolute atomic E-state index is 12.3. The molecule has 0 heterocycles. The molecule has 0 aliphatic rings. The quantitative estimate of drug-likeness (QED) is 0.460. The lowest BCUT2D eigenvalue weighted by atomic mass is 10.0. The molecule has 0 amide bonds. The van der Waals surface area contributed by atoms with Crippen LogP contribution in [0.3, 0.4) is 0 Å². The largest absolute Gasteiger partial charge is 0.294 e. The van der Waals surface area contributed by atoms with Crippen LogP contribution in [0.4, 0.5) is 0 Å². The second-order valence-corrected chi connectivity index (χ2v) is 7.19. The van der Waals surface area contributed by atoms with Gasteiger partial charge >= 0.3 is 0 Å². The van der Waals surface area contributed by atoms with E-state index in [2.05, 4.69) is 4.99 Å². The Labute approximate surface area is 132 Å². The smallest absolute Gasteiger partial charge is 0.175 e. The zero-order chi connectivity index (χ0) is 16.8. The second-order valence-electron chi connectivity index (χ2n) is 5.18.